The molecule has 6 nitrogen and oxygen atoms in total. The number of anilines is 2. The lowest BCUT2D eigenvalue weighted by Gasteiger charge is -2.29. The third kappa shape index (κ3) is 3.38. The molecule has 0 spiro atoms. The number of nitrogens with one attached hydrogen (secondary N) is 2. The predicted molar refractivity (Wildman–Crippen MR) is 97.5 cm³/mol. The summed E-state index contributed by atoms with van der Waals surface area (Å²) >= 11 is 0. The monoisotopic (exact) mass is 339 g/mol. The number of hydrogen-bond acceptors (Lipinski definition) is 4. The topological polar surface area (TPSA) is 71.8 Å². The SMILES string of the molecule is C[C@@H]1C[C@H](c2ccccc2)n2nc(NC(=O)C3CCCCC3)nc2N1. The van der Waals surface area contributed by atoms with E-state index in [4.69, 9.17) is 0 Å². The average Bonchev–Trinajstić information content (AvgIpc) is 3.04. The average molecular weight is 339 g/mol. The van der Waals surface area contributed by atoms with Gasteiger partial charge >= 0.3 is 0 Å². The Balaban J connectivity index is 1.56. The van der Waals surface area contributed by atoms with Crippen molar-refractivity contribution in [1.29, 1.82) is 0 Å². The van der Waals surface area contributed by atoms with Crippen molar-refractivity contribution in [2.24, 2.45) is 5.92 Å². The van der Waals surface area contributed by atoms with Crippen LogP contribution in [0.4, 0.5) is 11.9 Å². The van der Waals surface area contributed by atoms with Gasteiger partial charge in [-0.1, -0.05) is 49.6 Å². The fourth-order valence-corrected chi connectivity index (χ4v) is 3.94. The van der Waals surface area contributed by atoms with Gasteiger partial charge in [-0.05, 0) is 31.7 Å². The summed E-state index contributed by atoms with van der Waals surface area (Å²) in [7, 11) is 0. The number of nitrogens with zero attached hydrogens (tertiary/aromatic N) is 3. The molecule has 1 saturated carbocycles. The molecule has 132 valence electrons. The van der Waals surface area contributed by atoms with Gasteiger partial charge in [-0.15, -0.1) is 5.10 Å². The predicted octanol–water partition coefficient (Wildman–Crippen LogP) is 3.59. The standard InChI is InChI=1S/C19H25N5O/c1-13-12-16(14-8-4-2-5-9-14)24-19(20-13)22-18(23-24)21-17(25)15-10-6-3-7-11-15/h2,4-5,8-9,13,15-16H,3,6-7,10-12H2,1H3,(H2,20,21,22,23,25)/t13-,16-/m1/s1. The first kappa shape index (κ1) is 16.1. The third-order valence-electron chi connectivity index (χ3n) is 5.27. The van der Waals surface area contributed by atoms with Crippen LogP contribution < -0.4 is 10.6 Å². The van der Waals surface area contributed by atoms with Crippen LogP contribution in [-0.4, -0.2) is 26.7 Å². The van der Waals surface area contributed by atoms with Crippen LogP contribution >= 0.6 is 0 Å². The number of amides is 1. The molecular formula is C19H25N5O. The van der Waals surface area contributed by atoms with E-state index in [1.54, 1.807) is 0 Å². The van der Waals surface area contributed by atoms with E-state index < -0.39 is 0 Å². The summed E-state index contributed by atoms with van der Waals surface area (Å²) in [5.74, 6) is 1.30. The van der Waals surface area contributed by atoms with Gasteiger partial charge in [-0.2, -0.15) is 4.98 Å². The molecule has 2 atom stereocenters. The fraction of sp³-hybridized carbons (Fsp3) is 0.526. The van der Waals surface area contributed by atoms with Gasteiger partial charge in [0.25, 0.3) is 5.95 Å². The molecule has 1 aliphatic heterocycles. The first-order valence-electron chi connectivity index (χ1n) is 9.29. The van der Waals surface area contributed by atoms with Crippen molar-refractivity contribution >= 4 is 17.8 Å². The van der Waals surface area contributed by atoms with E-state index in [0.29, 0.717) is 12.0 Å². The molecule has 2 aromatic rings. The van der Waals surface area contributed by atoms with Gasteiger partial charge in [-0.3, -0.25) is 10.1 Å². The first-order valence-corrected chi connectivity index (χ1v) is 9.29. The van der Waals surface area contributed by atoms with Crippen molar-refractivity contribution < 1.29 is 4.79 Å². The molecule has 0 unspecified atom stereocenters. The number of rotatable bonds is 3. The molecule has 0 bridgehead atoms. The molecule has 2 heterocycles. The number of benzene rings is 1. The van der Waals surface area contributed by atoms with Crippen LogP contribution in [0, 0.1) is 5.92 Å². The Hall–Kier alpha value is -2.37. The summed E-state index contributed by atoms with van der Waals surface area (Å²) in [4.78, 5) is 17.0. The molecule has 1 amide bonds. The van der Waals surface area contributed by atoms with Crippen LogP contribution in [0.1, 0.15) is 57.1 Å². The van der Waals surface area contributed by atoms with Crippen molar-refractivity contribution in [3.8, 4) is 0 Å². The molecule has 25 heavy (non-hydrogen) atoms. The Bertz CT molecular complexity index is 736. The molecule has 1 aliphatic carbocycles. The normalized spacial score (nSPS) is 23.6. The lowest BCUT2D eigenvalue weighted by atomic mass is 9.89. The Morgan fingerprint density at radius 1 is 1.20 bits per heavy atom. The van der Waals surface area contributed by atoms with Crippen LogP contribution in [0.15, 0.2) is 30.3 Å². The summed E-state index contributed by atoms with van der Waals surface area (Å²) in [6.07, 6.45) is 6.40. The minimum absolute atomic E-state index is 0.0620. The van der Waals surface area contributed by atoms with Gasteiger partial charge in [0.1, 0.15) is 0 Å². The minimum Gasteiger partial charge on any atom is -0.352 e. The van der Waals surface area contributed by atoms with E-state index in [1.807, 2.05) is 22.9 Å². The van der Waals surface area contributed by atoms with Crippen molar-refractivity contribution in [2.45, 2.75) is 57.5 Å². The molecule has 2 N–H and O–H groups in total. The Morgan fingerprint density at radius 3 is 2.72 bits per heavy atom. The zero-order chi connectivity index (χ0) is 17.2. The highest BCUT2D eigenvalue weighted by atomic mass is 16.2. The van der Waals surface area contributed by atoms with Crippen LogP contribution in [-0.2, 0) is 4.79 Å². The Kier molecular flexibility index (Phi) is 4.42. The number of hydrogen-bond donors (Lipinski definition) is 2. The van der Waals surface area contributed by atoms with Crippen LogP contribution in [0.3, 0.4) is 0 Å². The number of carbonyl (C=O) groups excluding carboxylic acids is 1. The summed E-state index contributed by atoms with van der Waals surface area (Å²) in [5, 5.41) is 10.9. The minimum atomic E-state index is 0.0620. The maximum atomic E-state index is 12.5. The van der Waals surface area contributed by atoms with Crippen molar-refractivity contribution in [3.05, 3.63) is 35.9 Å². The van der Waals surface area contributed by atoms with E-state index in [9.17, 15) is 4.79 Å². The first-order chi connectivity index (χ1) is 12.2. The number of carbonyl (C=O) groups is 1. The van der Waals surface area contributed by atoms with Gasteiger partial charge in [0, 0.05) is 12.0 Å². The van der Waals surface area contributed by atoms with Crippen molar-refractivity contribution in [2.75, 3.05) is 10.6 Å². The second kappa shape index (κ2) is 6.86. The zero-order valence-corrected chi connectivity index (χ0v) is 14.6. The summed E-state index contributed by atoms with van der Waals surface area (Å²) in [6.45, 7) is 2.15. The number of fused-ring (bicyclic) bond motifs is 1. The highest BCUT2D eigenvalue weighted by Crippen LogP contribution is 2.32. The van der Waals surface area contributed by atoms with Crippen molar-refractivity contribution in [1.82, 2.24) is 14.8 Å². The number of aromatic nitrogens is 3. The van der Waals surface area contributed by atoms with E-state index in [1.165, 1.54) is 12.0 Å². The largest absolute Gasteiger partial charge is 0.352 e. The third-order valence-corrected chi connectivity index (χ3v) is 5.27. The van der Waals surface area contributed by atoms with Crippen molar-refractivity contribution in [3.63, 3.8) is 0 Å². The molecule has 0 saturated heterocycles. The van der Waals surface area contributed by atoms with Gasteiger partial charge in [0.05, 0.1) is 6.04 Å². The summed E-state index contributed by atoms with van der Waals surface area (Å²) in [6, 6.07) is 10.8. The molecule has 1 aromatic carbocycles. The van der Waals surface area contributed by atoms with Gasteiger partial charge in [-0.25, -0.2) is 4.68 Å². The quantitative estimate of drug-likeness (QED) is 0.896. The van der Waals surface area contributed by atoms with Crippen LogP contribution in [0.2, 0.25) is 0 Å². The van der Waals surface area contributed by atoms with E-state index in [0.717, 1.165) is 38.1 Å². The van der Waals surface area contributed by atoms with E-state index in [2.05, 4.69) is 39.8 Å². The second-order valence-corrected chi connectivity index (χ2v) is 7.24. The molecule has 1 fully saturated rings. The smallest absolute Gasteiger partial charge is 0.250 e. The molecular weight excluding hydrogens is 314 g/mol. The van der Waals surface area contributed by atoms with Gasteiger partial charge in [0.2, 0.25) is 11.9 Å². The molecule has 6 heteroatoms. The Morgan fingerprint density at radius 2 is 1.96 bits per heavy atom. The fourth-order valence-electron chi connectivity index (χ4n) is 3.94. The molecule has 1 aromatic heterocycles. The molecule has 4 rings (SSSR count). The van der Waals surface area contributed by atoms with Gasteiger partial charge in [0.15, 0.2) is 0 Å². The lowest BCUT2D eigenvalue weighted by Crippen LogP contribution is -2.31. The highest BCUT2D eigenvalue weighted by Gasteiger charge is 2.29. The zero-order valence-electron chi connectivity index (χ0n) is 14.6. The molecule has 2 aliphatic rings. The van der Waals surface area contributed by atoms with Gasteiger partial charge < -0.3 is 5.32 Å². The highest BCUT2D eigenvalue weighted by molar-refractivity contribution is 5.91. The van der Waals surface area contributed by atoms with Crippen LogP contribution in [0.5, 0.6) is 0 Å². The molecule has 0 radical (unpaired) electrons. The van der Waals surface area contributed by atoms with E-state index >= 15 is 0 Å². The summed E-state index contributed by atoms with van der Waals surface area (Å²) < 4.78 is 1.91. The second-order valence-electron chi connectivity index (χ2n) is 7.24. The Labute approximate surface area is 148 Å². The maximum absolute atomic E-state index is 12.5. The van der Waals surface area contributed by atoms with E-state index in [-0.39, 0.29) is 17.9 Å². The van der Waals surface area contributed by atoms with Crippen LogP contribution in [0.25, 0.3) is 0 Å². The summed E-state index contributed by atoms with van der Waals surface area (Å²) in [5.41, 5.74) is 1.21. The lowest BCUT2D eigenvalue weighted by molar-refractivity contribution is -0.120. The maximum Gasteiger partial charge on any atom is 0.250 e.